The van der Waals surface area contributed by atoms with E-state index in [1.54, 1.807) is 0 Å². The van der Waals surface area contributed by atoms with Gasteiger partial charge in [-0.15, -0.1) is 0 Å². The van der Waals surface area contributed by atoms with Gasteiger partial charge in [0.05, 0.1) is 5.66 Å². The van der Waals surface area contributed by atoms with Gasteiger partial charge < -0.3 is 24.4 Å². The maximum atomic E-state index is 10.8. The van der Waals surface area contributed by atoms with E-state index in [2.05, 4.69) is 0 Å². The van der Waals surface area contributed by atoms with Crippen molar-refractivity contribution in [2.24, 2.45) is 0 Å². The van der Waals surface area contributed by atoms with Gasteiger partial charge in [-0.25, -0.2) is 14.6 Å². The van der Waals surface area contributed by atoms with Crippen LogP contribution < -0.4 is 19.6 Å². The van der Waals surface area contributed by atoms with Gasteiger partial charge >= 0.3 is 5.52 Å². The largest absolute Gasteiger partial charge is 0.687 e. The summed E-state index contributed by atoms with van der Waals surface area (Å²) in [4.78, 5) is 80.6. The zero-order valence-electron chi connectivity index (χ0n) is 9.43. The van der Waals surface area contributed by atoms with Gasteiger partial charge in [-0.1, -0.05) is 0 Å². The second-order valence-corrected chi connectivity index (χ2v) is 7.18. The zero-order chi connectivity index (χ0) is 14.4. The second-order valence-electron chi connectivity index (χ2n) is 3.78. The minimum atomic E-state index is -4.86. The van der Waals surface area contributed by atoms with Gasteiger partial charge in [0.15, 0.2) is 0 Å². The molecule has 1 atom stereocenters. The highest BCUT2D eigenvalue weighted by atomic mass is 31.2. The van der Waals surface area contributed by atoms with Crippen LogP contribution in [0.5, 0.6) is 0 Å². The van der Waals surface area contributed by atoms with Gasteiger partial charge in [0, 0.05) is 12.8 Å². The molecule has 0 fully saturated rings. The zero-order valence-corrected chi connectivity index (χ0v) is 11.2. The van der Waals surface area contributed by atoms with E-state index in [-0.39, 0.29) is 25.7 Å². The molecule has 0 spiro atoms. The first-order valence-corrected chi connectivity index (χ1v) is 8.35. The average Bonchev–Trinajstić information content (AvgIpc) is 2.19. The fourth-order valence-corrected chi connectivity index (χ4v) is 2.61. The maximum absolute atomic E-state index is 10.8. The molecule has 0 heterocycles. The molecule has 0 radical (unpaired) electrons. The molecule has 0 saturated carbocycles. The number of unbranched alkanes of at least 4 members (excludes halogenated alkanes) is 1. The fourth-order valence-electron chi connectivity index (χ4n) is 1.32. The van der Waals surface area contributed by atoms with E-state index >= 15 is 0 Å². The van der Waals surface area contributed by atoms with Crippen molar-refractivity contribution in [2.45, 2.75) is 37.8 Å². The van der Waals surface area contributed by atoms with Crippen LogP contribution in [0.4, 0.5) is 0 Å². The lowest BCUT2D eigenvalue weighted by atomic mass is 10.1. The first-order valence-electron chi connectivity index (χ1n) is 5.13. The van der Waals surface area contributed by atoms with Gasteiger partial charge in [-0.2, -0.15) is 7.94 Å². The predicted molar refractivity (Wildman–Crippen MR) is 56.2 cm³/mol. The molecule has 106 valence electrons. The monoisotopic (exact) mass is 300 g/mol. The van der Waals surface area contributed by atoms with Crippen LogP contribution in [0, 0.1) is 0 Å². The number of aldehydes is 1. The highest BCUT2D eigenvalue weighted by molar-refractivity contribution is 7.74. The molecule has 1 unspecified atom stereocenters. The second kappa shape index (κ2) is 7.53. The van der Waals surface area contributed by atoms with Crippen molar-refractivity contribution in [3.05, 3.63) is 0 Å². The highest BCUT2D eigenvalue weighted by Crippen LogP contribution is 2.43. The molecule has 0 aromatic carbocycles. The van der Waals surface area contributed by atoms with Crippen LogP contribution in [0.2, 0.25) is 0 Å². The molecule has 8 nitrogen and oxygen atoms in total. The topological polar surface area (TPSA) is 167 Å². The Labute approximate surface area is 105 Å². The quantitative estimate of drug-likeness (QED) is 0.258. The average molecular weight is 300 g/mol. The van der Waals surface area contributed by atoms with Crippen molar-refractivity contribution in [1.82, 2.24) is 0 Å². The summed E-state index contributed by atoms with van der Waals surface area (Å²) < 4.78 is 0. The summed E-state index contributed by atoms with van der Waals surface area (Å²) >= 11 is 0. The lowest BCUT2D eigenvalue weighted by molar-refractivity contribution is -0.431. The Morgan fingerprint density at radius 3 is 2.11 bits per heavy atom. The molecule has 0 aliphatic carbocycles. The molecule has 10 heteroatoms. The summed E-state index contributed by atoms with van der Waals surface area (Å²) in [5, 5.41) is 0. The Morgan fingerprint density at radius 1 is 1.17 bits per heavy atom. The van der Waals surface area contributed by atoms with Crippen molar-refractivity contribution in [1.29, 1.82) is 0 Å². The van der Waals surface area contributed by atoms with Crippen LogP contribution in [0.1, 0.15) is 32.1 Å². The van der Waals surface area contributed by atoms with E-state index in [1.807, 2.05) is 0 Å². The van der Waals surface area contributed by atoms with Crippen LogP contribution in [0.15, 0.2) is 0 Å². The van der Waals surface area contributed by atoms with Gasteiger partial charge in [0.1, 0.15) is 6.29 Å². The van der Waals surface area contributed by atoms with Gasteiger partial charge in [-0.05, 0) is 19.3 Å². The SMILES string of the molecule is O=CCC(CCCCC(=O)[P+]([O-])(O)O)[P+]([O-])([O-])[O-]. The summed E-state index contributed by atoms with van der Waals surface area (Å²) in [6.07, 6.45) is -0.389. The summed E-state index contributed by atoms with van der Waals surface area (Å²) in [7, 11) is -9.60. The normalized spacial score (nSPS) is 14.3. The first kappa shape index (κ1) is 18.0. The predicted octanol–water partition coefficient (Wildman–Crippen LogP) is -3.02. The third-order valence-corrected chi connectivity index (χ3v) is 4.56. The van der Waals surface area contributed by atoms with E-state index in [9.17, 15) is 29.2 Å². The third kappa shape index (κ3) is 7.41. The Kier molecular flexibility index (Phi) is 7.51. The molecule has 0 aliphatic rings. The molecule has 0 aromatic heterocycles. The van der Waals surface area contributed by atoms with Crippen molar-refractivity contribution >= 4 is 27.7 Å². The molecular formula is C8H14O8P2-2. The maximum Gasteiger partial charge on any atom is 0.322 e. The molecule has 2 N–H and O–H groups in total. The summed E-state index contributed by atoms with van der Waals surface area (Å²) in [5.74, 6) is 0. The lowest BCUT2D eigenvalue weighted by Gasteiger charge is -2.48. The van der Waals surface area contributed by atoms with E-state index in [1.165, 1.54) is 0 Å². The number of hydrogen-bond donors (Lipinski definition) is 2. The Bertz CT molecular complexity index is 282. The van der Waals surface area contributed by atoms with E-state index in [0.29, 0.717) is 6.29 Å². The number of hydrogen-bond acceptors (Lipinski definition) is 8. The third-order valence-electron chi connectivity index (χ3n) is 2.32. The lowest BCUT2D eigenvalue weighted by Crippen LogP contribution is -2.41. The summed E-state index contributed by atoms with van der Waals surface area (Å²) in [6.45, 7) is 0. The summed E-state index contributed by atoms with van der Waals surface area (Å²) in [5.41, 5.74) is -2.54. The Morgan fingerprint density at radius 2 is 1.72 bits per heavy atom. The van der Waals surface area contributed by atoms with Gasteiger partial charge in [-0.3, -0.25) is 0 Å². The smallest absolute Gasteiger partial charge is 0.322 e. The number of carbonyl (C=O) groups excluding carboxylic acids is 2. The van der Waals surface area contributed by atoms with Crippen molar-refractivity contribution in [3.8, 4) is 0 Å². The molecule has 18 heavy (non-hydrogen) atoms. The van der Waals surface area contributed by atoms with Crippen molar-refractivity contribution in [3.63, 3.8) is 0 Å². The van der Waals surface area contributed by atoms with Gasteiger partial charge in [0.25, 0.3) is 7.94 Å². The first-order chi connectivity index (χ1) is 8.09. The molecule has 0 bridgehead atoms. The fraction of sp³-hybridized carbons (Fsp3) is 0.750. The van der Waals surface area contributed by atoms with E-state index in [4.69, 9.17) is 9.79 Å². The van der Waals surface area contributed by atoms with Crippen LogP contribution >= 0.6 is 15.9 Å². The van der Waals surface area contributed by atoms with Crippen LogP contribution in [0.25, 0.3) is 0 Å². The molecule has 0 rings (SSSR count). The minimum Gasteiger partial charge on any atom is -0.687 e. The van der Waals surface area contributed by atoms with Crippen LogP contribution in [-0.4, -0.2) is 27.3 Å². The molecule has 0 saturated heterocycles. The standard InChI is InChI=1S/C8H16O8P2/c9-6-5-7(17(11,12)13)3-1-2-4-8(10)18(14,15)16/h6-7H,1-5H2,(H2,11,12,13)(H2,14,15,16)/p-2. The highest BCUT2D eigenvalue weighted by Gasteiger charge is 2.30. The van der Waals surface area contributed by atoms with Crippen LogP contribution in [0.3, 0.4) is 0 Å². The van der Waals surface area contributed by atoms with Gasteiger partial charge in [0.2, 0.25) is 0 Å². The minimum absolute atomic E-state index is 0.0549. The molecule has 0 amide bonds. The van der Waals surface area contributed by atoms with E-state index in [0.717, 1.165) is 0 Å². The molecule has 0 aromatic rings. The van der Waals surface area contributed by atoms with E-state index < -0.39 is 33.5 Å². The molecule has 0 aliphatic heterocycles. The summed E-state index contributed by atoms with van der Waals surface area (Å²) in [6, 6.07) is 0. The van der Waals surface area contributed by atoms with Crippen molar-refractivity contribution in [2.75, 3.05) is 0 Å². The Hall–Kier alpha value is -0.0400. The van der Waals surface area contributed by atoms with Crippen LogP contribution in [-0.2, 0) is 9.59 Å². The van der Waals surface area contributed by atoms with Crippen molar-refractivity contribution < 1.29 is 38.9 Å². The number of carbonyl (C=O) groups is 2. The Balaban J connectivity index is 4.02. The molecular weight excluding hydrogens is 286 g/mol. The number of rotatable bonds is 9.